The van der Waals surface area contributed by atoms with Crippen molar-refractivity contribution < 1.29 is 18.4 Å². The third kappa shape index (κ3) is 3.63. The number of para-hydroxylation sites is 1. The SMILES string of the molecule is O=C(Nc1ccccc1[C@@H]1SCC(=O)N1c1ccc(F)cc1F)C1CCCC1. The number of amides is 2. The Morgan fingerprint density at radius 3 is 2.61 bits per heavy atom. The summed E-state index contributed by atoms with van der Waals surface area (Å²) in [6, 6.07) is 10.5. The number of benzene rings is 2. The molecule has 1 saturated heterocycles. The van der Waals surface area contributed by atoms with Crippen molar-refractivity contribution in [3.05, 3.63) is 59.7 Å². The summed E-state index contributed by atoms with van der Waals surface area (Å²) in [5.74, 6) is -1.55. The maximum atomic E-state index is 14.4. The first-order chi connectivity index (χ1) is 13.5. The molecule has 0 spiro atoms. The van der Waals surface area contributed by atoms with Crippen LogP contribution in [0.5, 0.6) is 0 Å². The van der Waals surface area contributed by atoms with Crippen LogP contribution in [0.1, 0.15) is 36.6 Å². The molecule has 4 rings (SSSR count). The molecule has 2 fully saturated rings. The van der Waals surface area contributed by atoms with Crippen molar-refractivity contribution in [2.75, 3.05) is 16.0 Å². The van der Waals surface area contributed by atoms with Crippen LogP contribution < -0.4 is 10.2 Å². The predicted octanol–water partition coefficient (Wildman–Crippen LogP) is 4.87. The Morgan fingerprint density at radius 2 is 1.86 bits per heavy atom. The Morgan fingerprint density at radius 1 is 1.11 bits per heavy atom. The zero-order valence-electron chi connectivity index (χ0n) is 15.2. The molecule has 0 aromatic heterocycles. The fourth-order valence-corrected chi connectivity index (χ4v) is 5.05. The fraction of sp³-hybridized carbons (Fsp3) is 0.333. The van der Waals surface area contributed by atoms with Crippen molar-refractivity contribution in [1.29, 1.82) is 0 Å². The highest BCUT2D eigenvalue weighted by Gasteiger charge is 2.37. The molecule has 1 aliphatic heterocycles. The van der Waals surface area contributed by atoms with Crippen LogP contribution in [0.4, 0.5) is 20.2 Å². The van der Waals surface area contributed by atoms with Crippen LogP contribution in [-0.2, 0) is 9.59 Å². The molecule has 0 bridgehead atoms. The number of hydrogen-bond acceptors (Lipinski definition) is 3. The molecule has 0 unspecified atom stereocenters. The van der Waals surface area contributed by atoms with E-state index in [1.165, 1.54) is 22.7 Å². The van der Waals surface area contributed by atoms with E-state index in [0.29, 0.717) is 5.69 Å². The lowest BCUT2D eigenvalue weighted by Gasteiger charge is -2.26. The standard InChI is InChI=1S/C21H20F2N2O2S/c22-14-9-10-18(16(23)11-14)25-19(26)12-28-21(25)15-7-3-4-8-17(15)24-20(27)13-5-1-2-6-13/h3-4,7-11,13,21H,1-2,5-6,12H2,(H,24,27)/t21-/m0/s1. The summed E-state index contributed by atoms with van der Waals surface area (Å²) >= 11 is 1.36. The van der Waals surface area contributed by atoms with Gasteiger partial charge in [0.1, 0.15) is 17.0 Å². The molecule has 2 aliphatic rings. The van der Waals surface area contributed by atoms with E-state index in [1.807, 2.05) is 18.2 Å². The van der Waals surface area contributed by atoms with Crippen LogP contribution in [0.2, 0.25) is 0 Å². The zero-order chi connectivity index (χ0) is 19.7. The van der Waals surface area contributed by atoms with E-state index < -0.39 is 17.0 Å². The third-order valence-electron chi connectivity index (χ3n) is 5.25. The van der Waals surface area contributed by atoms with E-state index in [2.05, 4.69) is 5.32 Å². The van der Waals surface area contributed by atoms with Crippen molar-refractivity contribution >= 4 is 35.0 Å². The van der Waals surface area contributed by atoms with Crippen molar-refractivity contribution in [2.45, 2.75) is 31.1 Å². The maximum absolute atomic E-state index is 14.4. The van der Waals surface area contributed by atoms with Crippen LogP contribution in [0.15, 0.2) is 42.5 Å². The number of thioether (sulfide) groups is 1. The summed E-state index contributed by atoms with van der Waals surface area (Å²) in [6.45, 7) is 0. The fourth-order valence-electron chi connectivity index (χ4n) is 3.84. The maximum Gasteiger partial charge on any atom is 0.238 e. The lowest BCUT2D eigenvalue weighted by Crippen LogP contribution is -2.29. The number of nitrogens with one attached hydrogen (secondary N) is 1. The normalized spacial score (nSPS) is 20.0. The van der Waals surface area contributed by atoms with Crippen LogP contribution in [0.3, 0.4) is 0 Å². The van der Waals surface area contributed by atoms with Crippen molar-refractivity contribution in [3.8, 4) is 0 Å². The summed E-state index contributed by atoms with van der Waals surface area (Å²) in [5.41, 5.74) is 1.39. The highest BCUT2D eigenvalue weighted by molar-refractivity contribution is 8.00. The number of anilines is 2. The van der Waals surface area contributed by atoms with E-state index in [1.54, 1.807) is 6.07 Å². The molecule has 1 heterocycles. The highest BCUT2D eigenvalue weighted by Crippen LogP contribution is 2.45. The van der Waals surface area contributed by atoms with Gasteiger partial charge in [-0.15, -0.1) is 11.8 Å². The molecule has 4 nitrogen and oxygen atoms in total. The first-order valence-electron chi connectivity index (χ1n) is 9.33. The van der Waals surface area contributed by atoms with Gasteiger partial charge in [-0.05, 0) is 31.0 Å². The number of rotatable bonds is 4. The van der Waals surface area contributed by atoms with Gasteiger partial charge in [-0.1, -0.05) is 31.0 Å². The van der Waals surface area contributed by atoms with Crippen LogP contribution in [-0.4, -0.2) is 17.6 Å². The van der Waals surface area contributed by atoms with Gasteiger partial charge in [-0.2, -0.15) is 0 Å². The summed E-state index contributed by atoms with van der Waals surface area (Å²) in [6.07, 6.45) is 3.89. The Labute approximate surface area is 166 Å². The molecular formula is C21H20F2N2O2S. The summed E-state index contributed by atoms with van der Waals surface area (Å²) in [7, 11) is 0. The molecule has 146 valence electrons. The molecule has 7 heteroatoms. The topological polar surface area (TPSA) is 49.4 Å². The van der Waals surface area contributed by atoms with E-state index in [0.717, 1.165) is 43.4 Å². The van der Waals surface area contributed by atoms with E-state index in [9.17, 15) is 18.4 Å². The van der Waals surface area contributed by atoms with Gasteiger partial charge in [-0.25, -0.2) is 8.78 Å². The lowest BCUT2D eigenvalue weighted by molar-refractivity contribution is -0.119. The number of hydrogen-bond donors (Lipinski definition) is 1. The van der Waals surface area contributed by atoms with E-state index in [-0.39, 0.29) is 29.2 Å². The number of halogens is 2. The van der Waals surface area contributed by atoms with Gasteiger partial charge < -0.3 is 5.32 Å². The van der Waals surface area contributed by atoms with E-state index in [4.69, 9.17) is 0 Å². The van der Waals surface area contributed by atoms with Gasteiger partial charge in [-0.3, -0.25) is 14.5 Å². The summed E-state index contributed by atoms with van der Waals surface area (Å²) in [5, 5.41) is 2.50. The molecule has 28 heavy (non-hydrogen) atoms. The third-order valence-corrected chi connectivity index (χ3v) is 6.44. The minimum Gasteiger partial charge on any atom is -0.325 e. The van der Waals surface area contributed by atoms with Crippen LogP contribution in [0.25, 0.3) is 0 Å². The zero-order valence-corrected chi connectivity index (χ0v) is 16.0. The minimum absolute atomic E-state index is 0.0107. The predicted molar refractivity (Wildman–Crippen MR) is 106 cm³/mol. The molecule has 2 amide bonds. The molecule has 1 saturated carbocycles. The average molecular weight is 402 g/mol. The Balaban J connectivity index is 1.66. The minimum atomic E-state index is -0.784. The van der Waals surface area contributed by atoms with Crippen molar-refractivity contribution in [1.82, 2.24) is 0 Å². The smallest absolute Gasteiger partial charge is 0.238 e. The molecule has 1 atom stereocenters. The highest BCUT2D eigenvalue weighted by atomic mass is 32.2. The lowest BCUT2D eigenvalue weighted by atomic mass is 10.1. The number of carbonyl (C=O) groups excluding carboxylic acids is 2. The molecule has 1 N–H and O–H groups in total. The number of nitrogens with zero attached hydrogens (tertiary/aromatic N) is 1. The Kier molecular flexibility index (Phi) is 5.35. The second kappa shape index (κ2) is 7.91. The quantitative estimate of drug-likeness (QED) is 0.794. The Hall–Kier alpha value is -2.41. The molecule has 2 aromatic rings. The first kappa shape index (κ1) is 18.9. The Bertz CT molecular complexity index is 915. The summed E-state index contributed by atoms with van der Waals surface area (Å²) < 4.78 is 27.7. The van der Waals surface area contributed by atoms with Crippen molar-refractivity contribution in [2.24, 2.45) is 5.92 Å². The number of carbonyl (C=O) groups is 2. The molecule has 0 radical (unpaired) electrons. The summed E-state index contributed by atoms with van der Waals surface area (Å²) in [4.78, 5) is 26.4. The molecular weight excluding hydrogens is 382 g/mol. The largest absolute Gasteiger partial charge is 0.325 e. The average Bonchev–Trinajstić information content (AvgIpc) is 3.33. The van der Waals surface area contributed by atoms with Crippen molar-refractivity contribution in [3.63, 3.8) is 0 Å². The van der Waals surface area contributed by atoms with Gasteiger partial charge in [0, 0.05) is 23.2 Å². The van der Waals surface area contributed by atoms with Gasteiger partial charge in [0.15, 0.2) is 0 Å². The second-order valence-electron chi connectivity index (χ2n) is 7.08. The van der Waals surface area contributed by atoms with Crippen LogP contribution in [0, 0.1) is 17.6 Å². The van der Waals surface area contributed by atoms with Crippen LogP contribution >= 0.6 is 11.8 Å². The van der Waals surface area contributed by atoms with Gasteiger partial charge in [0.2, 0.25) is 11.8 Å². The molecule has 1 aliphatic carbocycles. The first-order valence-corrected chi connectivity index (χ1v) is 10.4. The molecule has 2 aromatic carbocycles. The van der Waals surface area contributed by atoms with Gasteiger partial charge in [0.05, 0.1) is 11.4 Å². The van der Waals surface area contributed by atoms with E-state index >= 15 is 0 Å². The van der Waals surface area contributed by atoms with Gasteiger partial charge >= 0.3 is 0 Å². The van der Waals surface area contributed by atoms with Gasteiger partial charge in [0.25, 0.3) is 0 Å². The second-order valence-corrected chi connectivity index (χ2v) is 8.15. The monoisotopic (exact) mass is 402 g/mol.